The number of aliphatic hydroxyl groups is 3. The van der Waals surface area contributed by atoms with Gasteiger partial charge in [0, 0.05) is 12.8 Å². The van der Waals surface area contributed by atoms with Gasteiger partial charge in [-0.1, -0.05) is 0 Å². The van der Waals surface area contributed by atoms with Gasteiger partial charge in [-0.15, -0.1) is 0 Å². The molecule has 1 fully saturated rings. The number of piperidine rings is 1. The lowest BCUT2D eigenvalue weighted by Crippen LogP contribution is -2.65. The van der Waals surface area contributed by atoms with Gasteiger partial charge in [-0.25, -0.2) is 13.2 Å². The number of ether oxygens (including phenoxy) is 1. The van der Waals surface area contributed by atoms with Crippen LogP contribution in [0.15, 0.2) is 29.2 Å². The molecule has 1 atom stereocenters. The van der Waals surface area contributed by atoms with E-state index in [0.29, 0.717) is 5.75 Å². The summed E-state index contributed by atoms with van der Waals surface area (Å²) in [4.78, 5) is 11.0. The molecule has 0 bridgehead atoms. The Bertz CT molecular complexity index is 699. The quantitative estimate of drug-likeness (QED) is 0.504. The van der Waals surface area contributed by atoms with Gasteiger partial charge in [-0.05, 0) is 24.3 Å². The molecule has 0 spiro atoms. The number of methoxy groups -OCH3 is 1. The van der Waals surface area contributed by atoms with Gasteiger partial charge in [-0.3, -0.25) is 0 Å². The van der Waals surface area contributed by atoms with E-state index < -0.39 is 46.9 Å². The minimum Gasteiger partial charge on any atom is -0.497 e. The van der Waals surface area contributed by atoms with Crippen molar-refractivity contribution >= 4 is 16.0 Å². The van der Waals surface area contributed by atoms with Crippen molar-refractivity contribution in [3.05, 3.63) is 24.3 Å². The highest BCUT2D eigenvalue weighted by atomic mass is 32.2. The van der Waals surface area contributed by atoms with Crippen LogP contribution >= 0.6 is 0 Å². The second-order valence-electron chi connectivity index (χ2n) is 5.29. The summed E-state index contributed by atoms with van der Waals surface area (Å²) in [5.74, 6) is -3.83. The first-order valence-corrected chi connectivity index (χ1v) is 8.04. The summed E-state index contributed by atoms with van der Waals surface area (Å²) in [7, 11) is -3.09. The van der Waals surface area contributed by atoms with Crippen molar-refractivity contribution in [3.63, 3.8) is 0 Å². The summed E-state index contributed by atoms with van der Waals surface area (Å²) >= 11 is 0. The number of rotatable bonds is 4. The molecule has 10 heteroatoms. The highest BCUT2D eigenvalue weighted by Crippen LogP contribution is 2.35. The standard InChI is InChI=1S/C13H17NO8S/c1-22-9-2-4-10(5-3-9)23(20,21)14-8-12(17,18)6-7-13(14,19)11(15)16/h2-5,17-19H,6-8H2,1H3,(H,15,16). The molecule has 0 amide bonds. The van der Waals surface area contributed by atoms with Crippen LogP contribution in [0.5, 0.6) is 5.75 Å². The van der Waals surface area contributed by atoms with Crippen LogP contribution in [0, 0.1) is 0 Å². The number of hydrogen-bond acceptors (Lipinski definition) is 7. The monoisotopic (exact) mass is 347 g/mol. The molecule has 0 aromatic heterocycles. The summed E-state index contributed by atoms with van der Waals surface area (Å²) < 4.78 is 30.4. The maximum absolute atomic E-state index is 12.6. The molecule has 1 aromatic carbocycles. The summed E-state index contributed by atoms with van der Waals surface area (Å²) in [6.45, 7) is -0.968. The van der Waals surface area contributed by atoms with Crippen LogP contribution in [0.2, 0.25) is 0 Å². The van der Waals surface area contributed by atoms with Gasteiger partial charge in [0.1, 0.15) is 5.75 Å². The molecule has 1 aliphatic rings. The number of sulfonamides is 1. The fourth-order valence-corrected chi connectivity index (χ4v) is 3.99. The molecular weight excluding hydrogens is 330 g/mol. The predicted molar refractivity (Wildman–Crippen MR) is 75.9 cm³/mol. The van der Waals surface area contributed by atoms with Crippen LogP contribution < -0.4 is 4.74 Å². The first-order valence-electron chi connectivity index (χ1n) is 6.60. The molecule has 23 heavy (non-hydrogen) atoms. The molecule has 9 nitrogen and oxygen atoms in total. The topological polar surface area (TPSA) is 145 Å². The summed E-state index contributed by atoms with van der Waals surface area (Å²) in [5, 5.41) is 38.8. The molecule has 1 aliphatic heterocycles. The number of carboxylic acid groups (broad SMARTS) is 1. The number of benzene rings is 1. The van der Waals surface area contributed by atoms with E-state index in [2.05, 4.69) is 0 Å². The molecule has 0 aliphatic carbocycles. The van der Waals surface area contributed by atoms with Crippen LogP contribution in [0.1, 0.15) is 12.8 Å². The Kier molecular flexibility index (Phi) is 4.39. The highest BCUT2D eigenvalue weighted by Gasteiger charge is 2.55. The third-order valence-electron chi connectivity index (χ3n) is 3.67. The SMILES string of the molecule is COc1ccc(S(=O)(=O)N2CC(O)(O)CCC2(O)C(=O)O)cc1. The molecular formula is C13H17NO8S. The smallest absolute Gasteiger partial charge is 0.352 e. The van der Waals surface area contributed by atoms with Gasteiger partial charge in [0.2, 0.25) is 15.7 Å². The van der Waals surface area contributed by atoms with E-state index in [9.17, 15) is 33.6 Å². The van der Waals surface area contributed by atoms with Crippen molar-refractivity contribution in [1.82, 2.24) is 4.31 Å². The van der Waals surface area contributed by atoms with Gasteiger partial charge in [0.25, 0.3) is 0 Å². The molecule has 1 aromatic rings. The number of aliphatic carboxylic acids is 1. The van der Waals surface area contributed by atoms with Crippen molar-refractivity contribution in [1.29, 1.82) is 0 Å². The number of carboxylic acids is 1. The normalized spacial score (nSPS) is 25.0. The van der Waals surface area contributed by atoms with E-state index in [0.717, 1.165) is 0 Å². The van der Waals surface area contributed by atoms with Crippen molar-refractivity contribution < 1.29 is 38.4 Å². The van der Waals surface area contributed by atoms with Crippen LogP contribution in [-0.2, 0) is 14.8 Å². The number of nitrogens with zero attached hydrogens (tertiary/aromatic N) is 1. The molecule has 1 heterocycles. The second-order valence-corrected chi connectivity index (χ2v) is 7.15. The molecule has 0 radical (unpaired) electrons. The Hall–Kier alpha value is -1.72. The summed E-state index contributed by atoms with van der Waals surface area (Å²) in [6, 6.07) is 5.03. The van der Waals surface area contributed by atoms with Crippen LogP contribution in [0.4, 0.5) is 0 Å². The second kappa shape index (κ2) is 5.73. The summed E-state index contributed by atoms with van der Waals surface area (Å²) in [5.41, 5.74) is -2.76. The maximum atomic E-state index is 12.6. The van der Waals surface area contributed by atoms with Crippen molar-refractivity contribution in [2.45, 2.75) is 29.2 Å². The third kappa shape index (κ3) is 3.16. The van der Waals surface area contributed by atoms with Gasteiger partial charge in [0.15, 0.2) is 5.79 Å². The molecule has 1 saturated heterocycles. The van der Waals surface area contributed by atoms with E-state index in [1.54, 1.807) is 0 Å². The average molecular weight is 347 g/mol. The van der Waals surface area contributed by atoms with Crippen LogP contribution in [-0.4, -0.2) is 64.3 Å². The Morgan fingerprint density at radius 2 is 1.74 bits per heavy atom. The Labute approximate surface area is 132 Å². The zero-order chi connectivity index (χ0) is 17.5. The van der Waals surface area contributed by atoms with Crippen molar-refractivity contribution in [2.75, 3.05) is 13.7 Å². The van der Waals surface area contributed by atoms with Gasteiger partial charge < -0.3 is 25.2 Å². The molecule has 1 unspecified atom stereocenters. The minimum absolute atomic E-state index is 0.188. The average Bonchev–Trinajstić information content (AvgIpc) is 2.49. The van der Waals surface area contributed by atoms with Gasteiger partial charge in [0.05, 0.1) is 18.6 Å². The zero-order valence-electron chi connectivity index (χ0n) is 12.2. The first-order chi connectivity index (χ1) is 10.5. The van der Waals surface area contributed by atoms with Gasteiger partial charge in [-0.2, -0.15) is 4.31 Å². The Morgan fingerprint density at radius 1 is 1.17 bits per heavy atom. The molecule has 128 valence electrons. The molecule has 0 saturated carbocycles. The Balaban J connectivity index is 2.50. The van der Waals surface area contributed by atoms with E-state index in [4.69, 9.17) is 4.74 Å². The van der Waals surface area contributed by atoms with Crippen LogP contribution in [0.3, 0.4) is 0 Å². The fourth-order valence-electron chi connectivity index (χ4n) is 2.31. The predicted octanol–water partition coefficient (Wildman–Crippen LogP) is -1.07. The zero-order valence-corrected chi connectivity index (χ0v) is 13.0. The van der Waals surface area contributed by atoms with Gasteiger partial charge >= 0.3 is 5.97 Å². The highest BCUT2D eigenvalue weighted by molar-refractivity contribution is 7.89. The van der Waals surface area contributed by atoms with E-state index in [-0.39, 0.29) is 9.20 Å². The number of carbonyl (C=O) groups is 1. The maximum Gasteiger partial charge on any atom is 0.352 e. The minimum atomic E-state index is -4.48. The fraction of sp³-hybridized carbons (Fsp3) is 0.462. The van der Waals surface area contributed by atoms with Crippen molar-refractivity contribution in [2.24, 2.45) is 0 Å². The molecule has 4 N–H and O–H groups in total. The van der Waals surface area contributed by atoms with Crippen molar-refractivity contribution in [3.8, 4) is 5.75 Å². The lowest BCUT2D eigenvalue weighted by molar-refractivity contribution is -0.236. The largest absolute Gasteiger partial charge is 0.497 e. The lowest BCUT2D eigenvalue weighted by atomic mass is 9.97. The molecule has 2 rings (SSSR count). The first kappa shape index (κ1) is 17.6. The van der Waals surface area contributed by atoms with E-state index in [1.165, 1.54) is 31.4 Å². The van der Waals surface area contributed by atoms with Crippen LogP contribution in [0.25, 0.3) is 0 Å². The number of β-amino-alcohol motifs (C(OH)–C–C–N with tert-alkyl or cyclic N) is 2. The van der Waals surface area contributed by atoms with E-state index >= 15 is 0 Å². The Morgan fingerprint density at radius 3 is 2.22 bits per heavy atom. The lowest BCUT2D eigenvalue weighted by Gasteiger charge is -2.43. The van der Waals surface area contributed by atoms with E-state index in [1.807, 2.05) is 0 Å². The summed E-state index contributed by atoms with van der Waals surface area (Å²) in [6.07, 6.45) is -1.14. The third-order valence-corrected chi connectivity index (χ3v) is 5.55. The number of hydrogen-bond donors (Lipinski definition) is 4.